The zero-order valence-corrected chi connectivity index (χ0v) is 17.5. The van der Waals surface area contributed by atoms with Crippen LogP contribution in [0, 0.1) is 5.92 Å². The highest BCUT2D eigenvalue weighted by atomic mass is 16.2. The molecule has 158 valence electrons. The van der Waals surface area contributed by atoms with E-state index in [-0.39, 0.29) is 23.3 Å². The lowest BCUT2D eigenvalue weighted by Gasteiger charge is -2.43. The van der Waals surface area contributed by atoms with Crippen molar-refractivity contribution in [3.63, 3.8) is 0 Å². The van der Waals surface area contributed by atoms with Crippen molar-refractivity contribution in [2.24, 2.45) is 5.92 Å². The second kappa shape index (κ2) is 7.41. The van der Waals surface area contributed by atoms with Gasteiger partial charge in [0.2, 0.25) is 0 Å². The van der Waals surface area contributed by atoms with Crippen LogP contribution in [0.2, 0.25) is 0 Å². The van der Waals surface area contributed by atoms with E-state index >= 15 is 0 Å². The van der Waals surface area contributed by atoms with E-state index in [4.69, 9.17) is 0 Å². The summed E-state index contributed by atoms with van der Waals surface area (Å²) in [6.45, 7) is 1.85. The minimum absolute atomic E-state index is 0.0351. The maximum absolute atomic E-state index is 13.1. The molecule has 0 saturated carbocycles. The summed E-state index contributed by atoms with van der Waals surface area (Å²) < 4.78 is 1.94. The molecule has 4 heterocycles. The van der Waals surface area contributed by atoms with Crippen molar-refractivity contribution in [1.82, 2.24) is 19.4 Å². The van der Waals surface area contributed by atoms with Gasteiger partial charge < -0.3 is 9.47 Å². The molecule has 6 rings (SSSR count). The summed E-state index contributed by atoms with van der Waals surface area (Å²) in [7, 11) is 0. The van der Waals surface area contributed by atoms with Gasteiger partial charge in [0.25, 0.3) is 11.5 Å². The fraction of sp³-hybridized carbons (Fsp3) is 0.231. The van der Waals surface area contributed by atoms with Crippen LogP contribution in [0.3, 0.4) is 0 Å². The third kappa shape index (κ3) is 3.11. The van der Waals surface area contributed by atoms with Gasteiger partial charge >= 0.3 is 0 Å². The molecule has 2 aliphatic rings. The van der Waals surface area contributed by atoms with Gasteiger partial charge in [0.15, 0.2) is 0 Å². The van der Waals surface area contributed by atoms with Gasteiger partial charge in [0, 0.05) is 55.3 Å². The molecule has 0 unspecified atom stereocenters. The number of hydrogen-bond donors (Lipinski definition) is 0. The van der Waals surface area contributed by atoms with Crippen molar-refractivity contribution in [3.8, 4) is 11.1 Å². The highest BCUT2D eigenvalue weighted by molar-refractivity contribution is 5.92. The number of amides is 1. The monoisotopic (exact) mass is 422 g/mol. The molecule has 0 radical (unpaired) electrons. The molecule has 2 atom stereocenters. The Labute approximate surface area is 185 Å². The minimum atomic E-state index is -0.0909. The van der Waals surface area contributed by atoms with Gasteiger partial charge in [-0.2, -0.15) is 0 Å². The van der Waals surface area contributed by atoms with E-state index in [0.29, 0.717) is 25.3 Å². The molecule has 1 saturated heterocycles. The maximum Gasteiger partial charge on any atom is 0.274 e. The van der Waals surface area contributed by atoms with Crippen LogP contribution < -0.4 is 5.56 Å². The third-order valence-corrected chi connectivity index (χ3v) is 6.72. The standard InChI is InChI=1S/C26H22N4O2/c31-24-8-7-22(20-6-5-18-3-1-2-4-19(18)12-20)25-21-11-17(15-30(24)25)14-29(16-21)26(32)23-13-27-9-10-28-23/h1-10,12-13,17,21H,11,14-16H2/t17-,21+/m0/s1. The van der Waals surface area contributed by atoms with Crippen molar-refractivity contribution in [3.05, 3.63) is 94.9 Å². The van der Waals surface area contributed by atoms with Crippen molar-refractivity contribution in [1.29, 1.82) is 0 Å². The predicted octanol–water partition coefficient (Wildman–Crippen LogP) is 3.72. The molecule has 2 aromatic heterocycles. The Kier molecular flexibility index (Phi) is 4.38. The van der Waals surface area contributed by atoms with E-state index in [1.165, 1.54) is 17.0 Å². The minimum Gasteiger partial charge on any atom is -0.336 e. The van der Waals surface area contributed by atoms with Gasteiger partial charge in [0.05, 0.1) is 6.20 Å². The van der Waals surface area contributed by atoms with E-state index in [0.717, 1.165) is 23.2 Å². The zero-order chi connectivity index (χ0) is 21.7. The molecule has 4 aromatic rings. The lowest BCUT2D eigenvalue weighted by atomic mass is 9.80. The average molecular weight is 422 g/mol. The van der Waals surface area contributed by atoms with Crippen LogP contribution >= 0.6 is 0 Å². The van der Waals surface area contributed by atoms with E-state index in [9.17, 15) is 9.59 Å². The number of piperidine rings is 1. The lowest BCUT2D eigenvalue weighted by molar-refractivity contribution is 0.0589. The summed E-state index contributed by atoms with van der Waals surface area (Å²) >= 11 is 0. The Hall–Kier alpha value is -3.80. The summed E-state index contributed by atoms with van der Waals surface area (Å²) in [5, 5.41) is 2.36. The van der Waals surface area contributed by atoms with Crippen molar-refractivity contribution < 1.29 is 4.79 Å². The highest BCUT2D eigenvalue weighted by Crippen LogP contribution is 2.40. The average Bonchev–Trinajstić information content (AvgIpc) is 2.84. The molecule has 2 bridgehead atoms. The van der Waals surface area contributed by atoms with E-state index in [1.54, 1.807) is 18.5 Å². The molecule has 6 nitrogen and oxygen atoms in total. The summed E-state index contributed by atoms with van der Waals surface area (Å²) in [5.74, 6) is 0.275. The number of hydrogen-bond acceptors (Lipinski definition) is 4. The molecule has 1 fully saturated rings. The Morgan fingerprint density at radius 2 is 1.81 bits per heavy atom. The number of carbonyl (C=O) groups excluding carboxylic acids is 1. The summed E-state index contributed by atoms with van der Waals surface area (Å²) in [5.41, 5.74) is 3.62. The van der Waals surface area contributed by atoms with Crippen molar-refractivity contribution in [2.75, 3.05) is 13.1 Å². The molecular formula is C26H22N4O2. The second-order valence-electron chi connectivity index (χ2n) is 8.74. The van der Waals surface area contributed by atoms with Gasteiger partial charge in [-0.15, -0.1) is 0 Å². The predicted molar refractivity (Wildman–Crippen MR) is 122 cm³/mol. The van der Waals surface area contributed by atoms with Crippen LogP contribution in [0.25, 0.3) is 21.9 Å². The number of fused-ring (bicyclic) bond motifs is 5. The smallest absolute Gasteiger partial charge is 0.274 e. The summed E-state index contributed by atoms with van der Waals surface area (Å²) in [6, 6.07) is 18.4. The van der Waals surface area contributed by atoms with Crippen LogP contribution in [0.4, 0.5) is 0 Å². The maximum atomic E-state index is 13.1. The normalized spacial score (nSPS) is 19.6. The van der Waals surface area contributed by atoms with Gasteiger partial charge in [-0.3, -0.25) is 14.6 Å². The van der Waals surface area contributed by atoms with Crippen molar-refractivity contribution in [2.45, 2.75) is 18.9 Å². The van der Waals surface area contributed by atoms with Crippen LogP contribution in [0.15, 0.2) is 78.0 Å². The molecule has 2 aromatic carbocycles. The number of rotatable bonds is 2. The first kappa shape index (κ1) is 18.9. The summed E-state index contributed by atoms with van der Waals surface area (Å²) in [6.07, 6.45) is 5.62. The molecule has 0 spiro atoms. The van der Waals surface area contributed by atoms with E-state index < -0.39 is 0 Å². The summed E-state index contributed by atoms with van der Waals surface area (Å²) in [4.78, 5) is 36.0. The number of carbonyl (C=O) groups is 1. The van der Waals surface area contributed by atoms with Gasteiger partial charge in [-0.05, 0) is 40.8 Å². The molecular weight excluding hydrogens is 400 g/mol. The van der Waals surface area contributed by atoms with Crippen LogP contribution in [-0.4, -0.2) is 38.4 Å². The lowest BCUT2D eigenvalue weighted by Crippen LogP contribution is -2.49. The number of nitrogens with zero attached hydrogens (tertiary/aromatic N) is 4. The molecule has 32 heavy (non-hydrogen) atoms. The van der Waals surface area contributed by atoms with Gasteiger partial charge in [-0.1, -0.05) is 36.4 Å². The number of aromatic nitrogens is 3. The SMILES string of the molecule is O=C(c1cnccn1)N1C[C@@H]2C[C@H](C1)c1c(-c3ccc4ccccc4c3)ccc(=O)n1C2. The Morgan fingerprint density at radius 1 is 0.938 bits per heavy atom. The first-order valence-electron chi connectivity index (χ1n) is 11.0. The van der Waals surface area contributed by atoms with Crippen LogP contribution in [0.5, 0.6) is 0 Å². The second-order valence-corrected chi connectivity index (χ2v) is 8.74. The number of pyridine rings is 1. The van der Waals surface area contributed by atoms with E-state index in [1.807, 2.05) is 27.7 Å². The number of benzene rings is 2. The van der Waals surface area contributed by atoms with Gasteiger partial charge in [-0.25, -0.2) is 4.98 Å². The topological polar surface area (TPSA) is 68.1 Å². The number of likely N-dealkylation sites (tertiary alicyclic amines) is 1. The first-order chi connectivity index (χ1) is 15.7. The van der Waals surface area contributed by atoms with Crippen molar-refractivity contribution >= 4 is 16.7 Å². The quantitative estimate of drug-likeness (QED) is 0.494. The molecule has 2 aliphatic heterocycles. The molecule has 0 N–H and O–H groups in total. The Bertz CT molecular complexity index is 1400. The van der Waals surface area contributed by atoms with Crippen LogP contribution in [-0.2, 0) is 6.54 Å². The molecule has 0 aliphatic carbocycles. The molecule has 6 heteroatoms. The fourth-order valence-electron chi connectivity index (χ4n) is 5.35. The van der Waals surface area contributed by atoms with Crippen LogP contribution in [0.1, 0.15) is 28.5 Å². The Balaban J connectivity index is 1.42. The Morgan fingerprint density at radius 3 is 2.66 bits per heavy atom. The zero-order valence-electron chi connectivity index (χ0n) is 17.5. The third-order valence-electron chi connectivity index (χ3n) is 6.72. The largest absolute Gasteiger partial charge is 0.336 e. The molecule has 1 amide bonds. The van der Waals surface area contributed by atoms with Gasteiger partial charge in [0.1, 0.15) is 5.69 Å². The first-order valence-corrected chi connectivity index (χ1v) is 11.0. The highest BCUT2D eigenvalue weighted by Gasteiger charge is 2.38. The fourth-order valence-corrected chi connectivity index (χ4v) is 5.35. The van der Waals surface area contributed by atoms with E-state index in [2.05, 4.69) is 40.3 Å².